The highest BCUT2D eigenvalue weighted by molar-refractivity contribution is 5.67. The van der Waals surface area contributed by atoms with Crippen LogP contribution in [0.4, 0.5) is 4.79 Å². The van der Waals surface area contributed by atoms with Gasteiger partial charge in [-0.05, 0) is 43.9 Å². The molecule has 1 N–H and O–H groups in total. The van der Waals surface area contributed by atoms with Crippen molar-refractivity contribution in [2.75, 3.05) is 27.4 Å². The van der Waals surface area contributed by atoms with Gasteiger partial charge in [0, 0.05) is 12.5 Å². The lowest BCUT2D eigenvalue weighted by Crippen LogP contribution is -2.46. The van der Waals surface area contributed by atoms with E-state index in [1.165, 1.54) is 11.3 Å². The quantitative estimate of drug-likeness (QED) is 0.713. The third-order valence-electron chi connectivity index (χ3n) is 4.98. The molecule has 0 radical (unpaired) electrons. The van der Waals surface area contributed by atoms with Crippen LogP contribution >= 0.6 is 0 Å². The minimum absolute atomic E-state index is 0.124. The number of ether oxygens (including phenoxy) is 3. The van der Waals surface area contributed by atoms with Crippen LogP contribution in [0.5, 0.6) is 11.5 Å². The Kier molecular flexibility index (Phi) is 8.04. The van der Waals surface area contributed by atoms with Gasteiger partial charge in [-0.15, -0.1) is 0 Å². The van der Waals surface area contributed by atoms with E-state index in [1.807, 2.05) is 18.2 Å². The maximum Gasteiger partial charge on any atom is 0.411 e. The fraction of sp³-hybridized carbons (Fsp3) is 0.650. The predicted octanol–water partition coefficient (Wildman–Crippen LogP) is 3.60. The SMILES string of the molecule is CCOC(=O)N(CCc1ccc(OC)c(OC)c1)C(O)C1CCCCC1. The van der Waals surface area contributed by atoms with Gasteiger partial charge in [-0.25, -0.2) is 4.79 Å². The molecule has 1 unspecified atom stereocenters. The lowest BCUT2D eigenvalue weighted by Gasteiger charge is -2.34. The van der Waals surface area contributed by atoms with E-state index in [9.17, 15) is 9.90 Å². The number of hydrogen-bond donors (Lipinski definition) is 1. The summed E-state index contributed by atoms with van der Waals surface area (Å²) in [6.07, 6.45) is 4.67. The van der Waals surface area contributed by atoms with Crippen LogP contribution in [-0.4, -0.2) is 49.7 Å². The second-order valence-electron chi connectivity index (χ2n) is 6.64. The van der Waals surface area contributed by atoms with Crippen LogP contribution in [0.1, 0.15) is 44.6 Å². The van der Waals surface area contributed by atoms with Gasteiger partial charge in [-0.2, -0.15) is 0 Å². The van der Waals surface area contributed by atoms with Crippen LogP contribution in [-0.2, 0) is 11.2 Å². The lowest BCUT2D eigenvalue weighted by molar-refractivity contribution is -0.0438. The van der Waals surface area contributed by atoms with E-state index in [2.05, 4.69) is 0 Å². The zero-order chi connectivity index (χ0) is 18.9. The van der Waals surface area contributed by atoms with E-state index in [-0.39, 0.29) is 5.92 Å². The molecule has 0 heterocycles. The smallest absolute Gasteiger partial charge is 0.411 e. The summed E-state index contributed by atoms with van der Waals surface area (Å²) in [5.74, 6) is 1.44. The fourth-order valence-corrected chi connectivity index (χ4v) is 3.51. The number of rotatable bonds is 8. The second-order valence-corrected chi connectivity index (χ2v) is 6.64. The Morgan fingerprint density at radius 1 is 1.19 bits per heavy atom. The number of hydrogen-bond acceptors (Lipinski definition) is 5. The summed E-state index contributed by atoms with van der Waals surface area (Å²) in [6, 6.07) is 5.69. The van der Waals surface area contributed by atoms with Crippen molar-refractivity contribution in [3.63, 3.8) is 0 Å². The van der Waals surface area contributed by atoms with Crippen molar-refractivity contribution in [2.24, 2.45) is 5.92 Å². The van der Waals surface area contributed by atoms with Crippen molar-refractivity contribution in [1.29, 1.82) is 0 Å². The highest BCUT2D eigenvalue weighted by Crippen LogP contribution is 2.30. The van der Waals surface area contributed by atoms with Crippen molar-refractivity contribution in [3.05, 3.63) is 23.8 Å². The second kappa shape index (κ2) is 10.3. The Hall–Kier alpha value is -1.95. The van der Waals surface area contributed by atoms with Crippen LogP contribution in [0.2, 0.25) is 0 Å². The average molecular weight is 365 g/mol. The predicted molar refractivity (Wildman–Crippen MR) is 99.6 cm³/mol. The van der Waals surface area contributed by atoms with Gasteiger partial charge in [0.15, 0.2) is 11.5 Å². The molecule has 146 valence electrons. The molecule has 1 aliphatic rings. The molecule has 1 aromatic rings. The van der Waals surface area contributed by atoms with Crippen LogP contribution in [0.25, 0.3) is 0 Å². The molecule has 1 amide bonds. The van der Waals surface area contributed by atoms with Gasteiger partial charge in [0.1, 0.15) is 6.23 Å². The Labute approximate surface area is 156 Å². The minimum atomic E-state index is -0.797. The molecule has 1 atom stereocenters. The summed E-state index contributed by atoms with van der Waals surface area (Å²) in [5, 5.41) is 10.8. The molecular formula is C20H31NO5. The molecule has 6 heteroatoms. The number of aliphatic hydroxyl groups excluding tert-OH is 1. The molecule has 1 aromatic carbocycles. The van der Waals surface area contributed by atoms with Crippen molar-refractivity contribution >= 4 is 6.09 Å². The fourth-order valence-electron chi connectivity index (χ4n) is 3.51. The molecule has 1 fully saturated rings. The molecule has 0 aromatic heterocycles. The van der Waals surface area contributed by atoms with Crippen molar-refractivity contribution in [2.45, 2.75) is 51.7 Å². The summed E-state index contributed by atoms with van der Waals surface area (Å²) in [6.45, 7) is 2.46. The normalized spacial score (nSPS) is 16.0. The first-order valence-electron chi connectivity index (χ1n) is 9.43. The van der Waals surface area contributed by atoms with Gasteiger partial charge < -0.3 is 19.3 Å². The van der Waals surface area contributed by atoms with E-state index in [0.717, 1.165) is 31.2 Å². The third-order valence-corrected chi connectivity index (χ3v) is 4.98. The van der Waals surface area contributed by atoms with Crippen LogP contribution in [0.15, 0.2) is 18.2 Å². The molecule has 0 bridgehead atoms. The topological polar surface area (TPSA) is 68.2 Å². The standard InChI is InChI=1S/C20H31NO5/c1-4-26-20(23)21(19(22)16-8-6-5-7-9-16)13-12-15-10-11-17(24-2)18(14-15)25-3/h10-11,14,16,19,22H,4-9,12-13H2,1-3H3. The minimum Gasteiger partial charge on any atom is -0.493 e. The van der Waals surface area contributed by atoms with Gasteiger partial charge in [-0.1, -0.05) is 25.3 Å². The number of carbonyl (C=O) groups is 1. The first kappa shape index (κ1) is 20.4. The van der Waals surface area contributed by atoms with Crippen molar-refractivity contribution in [3.8, 4) is 11.5 Å². The molecule has 0 aliphatic heterocycles. The first-order chi connectivity index (χ1) is 12.6. The number of benzene rings is 1. The molecule has 1 aliphatic carbocycles. The van der Waals surface area contributed by atoms with E-state index in [0.29, 0.717) is 31.1 Å². The molecule has 2 rings (SSSR count). The van der Waals surface area contributed by atoms with E-state index < -0.39 is 12.3 Å². The van der Waals surface area contributed by atoms with Gasteiger partial charge >= 0.3 is 6.09 Å². The number of methoxy groups -OCH3 is 2. The monoisotopic (exact) mass is 365 g/mol. The maximum atomic E-state index is 12.4. The number of nitrogens with zero attached hydrogens (tertiary/aromatic N) is 1. The zero-order valence-corrected chi connectivity index (χ0v) is 16.1. The van der Waals surface area contributed by atoms with Crippen LogP contribution in [0, 0.1) is 5.92 Å². The van der Waals surface area contributed by atoms with Gasteiger partial charge in [0.05, 0.1) is 20.8 Å². The summed E-state index contributed by atoms with van der Waals surface area (Å²) in [7, 11) is 3.19. The summed E-state index contributed by atoms with van der Waals surface area (Å²) in [4.78, 5) is 13.8. The van der Waals surface area contributed by atoms with Crippen molar-refractivity contribution in [1.82, 2.24) is 4.90 Å². The molecule has 26 heavy (non-hydrogen) atoms. The molecule has 1 saturated carbocycles. The molecule has 6 nitrogen and oxygen atoms in total. The Morgan fingerprint density at radius 2 is 1.88 bits per heavy atom. The average Bonchev–Trinajstić information content (AvgIpc) is 2.68. The van der Waals surface area contributed by atoms with Gasteiger partial charge in [0.2, 0.25) is 0 Å². The molecular weight excluding hydrogens is 334 g/mol. The first-order valence-corrected chi connectivity index (χ1v) is 9.43. The number of amides is 1. The third kappa shape index (κ3) is 5.27. The largest absolute Gasteiger partial charge is 0.493 e. The summed E-state index contributed by atoms with van der Waals surface area (Å²) in [5.41, 5.74) is 1.01. The lowest BCUT2D eigenvalue weighted by atomic mass is 9.87. The van der Waals surface area contributed by atoms with E-state index in [1.54, 1.807) is 21.1 Å². The summed E-state index contributed by atoms with van der Waals surface area (Å²) >= 11 is 0. The highest BCUT2D eigenvalue weighted by Gasteiger charge is 2.30. The highest BCUT2D eigenvalue weighted by atomic mass is 16.6. The summed E-state index contributed by atoms with van der Waals surface area (Å²) < 4.78 is 15.8. The van der Waals surface area contributed by atoms with Gasteiger partial charge in [-0.3, -0.25) is 4.90 Å². The number of carbonyl (C=O) groups excluding carboxylic acids is 1. The van der Waals surface area contributed by atoms with Gasteiger partial charge in [0.25, 0.3) is 0 Å². The zero-order valence-electron chi connectivity index (χ0n) is 16.1. The Balaban J connectivity index is 2.07. The maximum absolute atomic E-state index is 12.4. The van der Waals surface area contributed by atoms with Crippen LogP contribution in [0.3, 0.4) is 0 Å². The Morgan fingerprint density at radius 3 is 2.50 bits per heavy atom. The number of aliphatic hydroxyl groups is 1. The Bertz CT molecular complexity index is 571. The molecule has 0 spiro atoms. The molecule has 0 saturated heterocycles. The van der Waals surface area contributed by atoms with E-state index >= 15 is 0 Å². The van der Waals surface area contributed by atoms with E-state index in [4.69, 9.17) is 14.2 Å². The van der Waals surface area contributed by atoms with Crippen molar-refractivity contribution < 1.29 is 24.1 Å². The van der Waals surface area contributed by atoms with Crippen LogP contribution < -0.4 is 9.47 Å².